The van der Waals surface area contributed by atoms with Crippen LogP contribution in [0.15, 0.2) is 140 Å². The lowest BCUT2D eigenvalue weighted by Crippen LogP contribution is -2.23. The van der Waals surface area contributed by atoms with Crippen LogP contribution < -0.4 is 0 Å². The SMILES string of the molecule is CCC1(CC)c2ccccc2-c2ccc(-c3ccc4c(c3)C(C)(C)c3cc(-c5ccc(-c6ccc7c8c9c(ccc68)C=CCC9=CC7)cc5)ccc3-4)cc21. The van der Waals surface area contributed by atoms with Gasteiger partial charge in [0.2, 0.25) is 0 Å². The molecule has 0 unspecified atom stereocenters. The van der Waals surface area contributed by atoms with E-state index in [0.29, 0.717) is 0 Å². The van der Waals surface area contributed by atoms with E-state index in [1.54, 1.807) is 0 Å². The summed E-state index contributed by atoms with van der Waals surface area (Å²) in [5.41, 5.74) is 24.8. The van der Waals surface area contributed by atoms with Crippen molar-refractivity contribution in [3.8, 4) is 55.6 Å². The molecule has 0 aliphatic heterocycles. The van der Waals surface area contributed by atoms with E-state index in [2.05, 4.69) is 173 Å². The standard InChI is InChI=1S/C54H44/c1-5-54(6-2)47-13-8-7-12-42(47)45-28-24-40(32-50(45)54)39-23-27-44-43-26-22-38(30-48(43)53(3,4)49(44)31-39)33-14-16-34(17-15-33)41-25-20-37-19-18-35-10-9-11-36-21-29-46(41)52(37)51(35)36/h7-9,11-18,20-32H,5-6,10,19H2,1-4H3. The van der Waals surface area contributed by atoms with Gasteiger partial charge in [-0.1, -0.05) is 155 Å². The Labute approximate surface area is 319 Å². The fraction of sp³-hybridized carbons (Fsp3) is 0.185. The summed E-state index contributed by atoms with van der Waals surface area (Å²) in [7, 11) is 0. The van der Waals surface area contributed by atoms with Crippen LogP contribution in [0.4, 0.5) is 0 Å². The molecule has 0 radical (unpaired) electrons. The summed E-state index contributed by atoms with van der Waals surface area (Å²) in [5.74, 6) is 0. The van der Waals surface area contributed by atoms with Crippen molar-refractivity contribution in [1.82, 2.24) is 0 Å². The third-order valence-electron chi connectivity index (χ3n) is 13.8. The van der Waals surface area contributed by atoms with Gasteiger partial charge in [0.25, 0.3) is 0 Å². The van der Waals surface area contributed by atoms with Crippen molar-refractivity contribution in [3.05, 3.63) is 178 Å². The van der Waals surface area contributed by atoms with Crippen molar-refractivity contribution in [2.45, 2.75) is 64.2 Å². The zero-order chi connectivity index (χ0) is 36.3. The van der Waals surface area contributed by atoms with Crippen LogP contribution in [0.2, 0.25) is 0 Å². The molecule has 4 aliphatic rings. The maximum absolute atomic E-state index is 2.51. The van der Waals surface area contributed by atoms with E-state index < -0.39 is 0 Å². The number of allylic oxidation sites excluding steroid dienone is 3. The summed E-state index contributed by atoms with van der Waals surface area (Å²) in [6.45, 7) is 9.53. The Morgan fingerprint density at radius 1 is 0.500 bits per heavy atom. The van der Waals surface area contributed by atoms with Crippen molar-refractivity contribution >= 4 is 22.4 Å². The van der Waals surface area contributed by atoms with Crippen LogP contribution in [-0.2, 0) is 17.3 Å². The van der Waals surface area contributed by atoms with E-state index in [4.69, 9.17) is 0 Å². The first-order valence-corrected chi connectivity index (χ1v) is 20.0. The number of hydrogen-bond acceptors (Lipinski definition) is 0. The van der Waals surface area contributed by atoms with Crippen LogP contribution in [0, 0.1) is 0 Å². The highest BCUT2D eigenvalue weighted by Crippen LogP contribution is 2.55. The fourth-order valence-corrected chi connectivity index (χ4v) is 10.9. The molecule has 0 heteroatoms. The van der Waals surface area contributed by atoms with Gasteiger partial charge in [-0.3, -0.25) is 0 Å². The highest BCUT2D eigenvalue weighted by atomic mass is 14.4. The van der Waals surface area contributed by atoms with Gasteiger partial charge in [0, 0.05) is 10.8 Å². The minimum atomic E-state index is -0.104. The largest absolute Gasteiger partial charge is 0.0795 e. The topological polar surface area (TPSA) is 0 Å². The summed E-state index contributed by atoms with van der Waals surface area (Å²) >= 11 is 0. The Morgan fingerprint density at radius 3 is 1.78 bits per heavy atom. The lowest BCUT2D eigenvalue weighted by molar-refractivity contribution is 0.490. The minimum absolute atomic E-state index is 0.0765. The molecule has 7 aromatic carbocycles. The molecule has 0 spiro atoms. The highest BCUT2D eigenvalue weighted by molar-refractivity contribution is 6.08. The monoisotopic (exact) mass is 692 g/mol. The van der Waals surface area contributed by atoms with Gasteiger partial charge in [-0.25, -0.2) is 0 Å². The van der Waals surface area contributed by atoms with Crippen LogP contribution in [0.25, 0.3) is 78.1 Å². The van der Waals surface area contributed by atoms with Crippen molar-refractivity contribution in [3.63, 3.8) is 0 Å². The summed E-state index contributed by atoms with van der Waals surface area (Å²) < 4.78 is 0. The van der Waals surface area contributed by atoms with E-state index in [9.17, 15) is 0 Å². The molecule has 0 bridgehead atoms. The van der Waals surface area contributed by atoms with Gasteiger partial charge < -0.3 is 0 Å². The zero-order valence-corrected chi connectivity index (χ0v) is 31.7. The lowest BCUT2D eigenvalue weighted by atomic mass is 9.73. The molecule has 7 aromatic rings. The number of benzene rings is 7. The van der Waals surface area contributed by atoms with Gasteiger partial charge in [-0.2, -0.15) is 0 Å². The lowest BCUT2D eigenvalue weighted by Gasteiger charge is -2.30. The molecule has 260 valence electrons. The highest BCUT2D eigenvalue weighted by Gasteiger charge is 2.41. The number of rotatable bonds is 5. The normalized spacial score (nSPS) is 16.1. The van der Waals surface area contributed by atoms with Crippen LogP contribution in [0.5, 0.6) is 0 Å². The molecule has 0 fully saturated rings. The van der Waals surface area contributed by atoms with E-state index in [0.717, 1.165) is 25.7 Å². The van der Waals surface area contributed by atoms with Crippen LogP contribution in [0.3, 0.4) is 0 Å². The third-order valence-corrected chi connectivity index (χ3v) is 13.8. The maximum Gasteiger partial charge on any atom is 0.0210 e. The van der Waals surface area contributed by atoms with Gasteiger partial charge in [-0.15, -0.1) is 0 Å². The average molecular weight is 693 g/mol. The first-order valence-electron chi connectivity index (χ1n) is 20.0. The summed E-state index contributed by atoms with van der Waals surface area (Å²) in [6.07, 6.45) is 11.3. The molecule has 0 aromatic heterocycles. The second-order valence-corrected chi connectivity index (χ2v) is 16.6. The first-order chi connectivity index (χ1) is 26.4. The van der Waals surface area contributed by atoms with Gasteiger partial charge in [0.1, 0.15) is 0 Å². The Kier molecular flexibility index (Phi) is 6.70. The van der Waals surface area contributed by atoms with Crippen molar-refractivity contribution < 1.29 is 0 Å². The molecule has 0 N–H and O–H groups in total. The fourth-order valence-electron chi connectivity index (χ4n) is 10.9. The quantitative estimate of drug-likeness (QED) is 0.168. The average Bonchev–Trinajstić information content (AvgIpc) is 3.64. The Balaban J connectivity index is 0.929. The second-order valence-electron chi connectivity index (χ2n) is 16.6. The Morgan fingerprint density at radius 2 is 1.07 bits per heavy atom. The van der Waals surface area contributed by atoms with Gasteiger partial charge in [0.05, 0.1) is 0 Å². The van der Waals surface area contributed by atoms with Crippen molar-refractivity contribution in [2.24, 2.45) is 0 Å². The molecule has 0 heterocycles. The predicted octanol–water partition coefficient (Wildman–Crippen LogP) is 14.6. The minimum Gasteiger partial charge on any atom is -0.0795 e. The van der Waals surface area contributed by atoms with Crippen LogP contribution in [0.1, 0.15) is 85.9 Å². The smallest absolute Gasteiger partial charge is 0.0210 e. The Bertz CT molecular complexity index is 2790. The zero-order valence-electron chi connectivity index (χ0n) is 31.7. The van der Waals surface area contributed by atoms with Gasteiger partial charge >= 0.3 is 0 Å². The van der Waals surface area contributed by atoms with E-state index >= 15 is 0 Å². The molecule has 0 atom stereocenters. The Hall–Kier alpha value is -5.72. The first kappa shape index (κ1) is 31.8. The summed E-state index contributed by atoms with van der Waals surface area (Å²) in [6, 6.07) is 49.3. The van der Waals surface area contributed by atoms with Crippen molar-refractivity contribution in [1.29, 1.82) is 0 Å². The molecule has 0 amide bonds. The number of hydrogen-bond donors (Lipinski definition) is 0. The molecule has 4 aliphatic carbocycles. The maximum atomic E-state index is 2.51. The molecule has 0 nitrogen and oxygen atoms in total. The predicted molar refractivity (Wildman–Crippen MR) is 230 cm³/mol. The van der Waals surface area contributed by atoms with E-state index in [1.165, 1.54) is 111 Å². The van der Waals surface area contributed by atoms with Crippen LogP contribution >= 0.6 is 0 Å². The van der Waals surface area contributed by atoms with E-state index in [1.807, 2.05) is 0 Å². The summed E-state index contributed by atoms with van der Waals surface area (Å²) in [5, 5.41) is 2.83. The second kappa shape index (κ2) is 11.4. The van der Waals surface area contributed by atoms with Gasteiger partial charge in [-0.05, 0) is 155 Å². The molecule has 0 saturated heterocycles. The molecular weight excluding hydrogens is 649 g/mol. The molecule has 0 saturated carbocycles. The summed E-state index contributed by atoms with van der Waals surface area (Å²) in [4.78, 5) is 0. The van der Waals surface area contributed by atoms with Gasteiger partial charge in [0.15, 0.2) is 0 Å². The van der Waals surface area contributed by atoms with Crippen LogP contribution in [-0.4, -0.2) is 0 Å². The third kappa shape index (κ3) is 4.26. The molecule has 54 heavy (non-hydrogen) atoms. The molecular formula is C54H44. The number of fused-ring (bicyclic) bond motifs is 6. The van der Waals surface area contributed by atoms with E-state index in [-0.39, 0.29) is 10.8 Å². The van der Waals surface area contributed by atoms with Crippen molar-refractivity contribution in [2.75, 3.05) is 0 Å². The molecule has 11 rings (SSSR count).